The highest BCUT2D eigenvalue weighted by molar-refractivity contribution is 5.90. The highest BCUT2D eigenvalue weighted by atomic mass is 16.6. The molecule has 0 spiro atoms. The smallest absolute Gasteiger partial charge is 0.309 e. The average molecular weight is 558 g/mol. The highest BCUT2D eigenvalue weighted by Crippen LogP contribution is 2.24. The van der Waals surface area contributed by atoms with Gasteiger partial charge >= 0.3 is 11.9 Å². The number of hydrogen-bond donors (Lipinski definition) is 2. The lowest BCUT2D eigenvalue weighted by molar-refractivity contribution is -0.161. The minimum atomic E-state index is -0.876. The third-order valence-electron chi connectivity index (χ3n) is 7.00. The Morgan fingerprint density at radius 1 is 0.974 bits per heavy atom. The van der Waals surface area contributed by atoms with E-state index < -0.39 is 41.8 Å². The first-order valence-electron chi connectivity index (χ1n) is 14.1. The van der Waals surface area contributed by atoms with E-state index in [1.165, 1.54) is 7.11 Å². The first-order chi connectivity index (χ1) is 17.9. The Bertz CT molecular complexity index is 794. The summed E-state index contributed by atoms with van der Waals surface area (Å²) in [7, 11) is 5.01. The number of carbonyl (C=O) groups excluding carboxylic acids is 3. The molecule has 0 aliphatic rings. The van der Waals surface area contributed by atoms with Gasteiger partial charge in [-0.3, -0.25) is 24.1 Å². The number of likely N-dealkylation sites (N-methyl/N-ethyl adjacent to an activating group) is 2. The molecule has 5 atom stereocenters. The van der Waals surface area contributed by atoms with Crippen LogP contribution in [-0.2, 0) is 28.7 Å². The molecule has 0 saturated heterocycles. The van der Waals surface area contributed by atoms with Crippen LogP contribution in [0.1, 0.15) is 88.0 Å². The average Bonchev–Trinajstić information content (AvgIpc) is 2.79. The van der Waals surface area contributed by atoms with E-state index in [9.17, 15) is 19.2 Å². The molecule has 2 amide bonds. The molecule has 0 aromatic heterocycles. The minimum absolute atomic E-state index is 0.00430. The lowest BCUT2D eigenvalue weighted by Gasteiger charge is -2.40. The fourth-order valence-electron chi connectivity index (χ4n) is 4.88. The van der Waals surface area contributed by atoms with E-state index in [4.69, 9.17) is 14.6 Å². The number of nitrogens with one attached hydrogen (secondary N) is 1. The van der Waals surface area contributed by atoms with Crippen molar-refractivity contribution in [2.75, 3.05) is 27.7 Å². The Labute approximate surface area is 236 Å². The molecule has 0 radical (unpaired) electrons. The molecule has 2 N–H and O–H groups in total. The number of nitrogens with zero attached hydrogens (tertiary/aromatic N) is 2. The minimum Gasteiger partial charge on any atom is -0.481 e. The maximum atomic E-state index is 13.9. The van der Waals surface area contributed by atoms with Crippen molar-refractivity contribution in [3.8, 4) is 0 Å². The molecule has 0 aromatic carbocycles. The lowest BCUT2D eigenvalue weighted by atomic mass is 9.90. The topological polar surface area (TPSA) is 125 Å². The van der Waals surface area contributed by atoms with Gasteiger partial charge in [0.2, 0.25) is 11.8 Å². The van der Waals surface area contributed by atoms with Crippen molar-refractivity contribution < 1.29 is 33.8 Å². The number of aliphatic carboxylic acids is 1. The van der Waals surface area contributed by atoms with Gasteiger partial charge in [0.25, 0.3) is 0 Å². The van der Waals surface area contributed by atoms with Crippen LogP contribution in [0.2, 0.25) is 0 Å². The van der Waals surface area contributed by atoms with Crippen molar-refractivity contribution in [2.45, 2.75) is 118 Å². The molecule has 0 aliphatic heterocycles. The van der Waals surface area contributed by atoms with Crippen molar-refractivity contribution >= 4 is 23.8 Å². The monoisotopic (exact) mass is 557 g/mol. The molecule has 0 rings (SSSR count). The van der Waals surface area contributed by atoms with Gasteiger partial charge in [0.1, 0.15) is 11.6 Å². The quantitative estimate of drug-likeness (QED) is 0.260. The predicted molar refractivity (Wildman–Crippen MR) is 152 cm³/mol. The summed E-state index contributed by atoms with van der Waals surface area (Å²) < 4.78 is 11.2. The zero-order valence-corrected chi connectivity index (χ0v) is 26.4. The zero-order valence-electron chi connectivity index (χ0n) is 26.4. The van der Waals surface area contributed by atoms with E-state index >= 15 is 0 Å². The van der Waals surface area contributed by atoms with Crippen molar-refractivity contribution in [1.82, 2.24) is 15.1 Å². The van der Waals surface area contributed by atoms with E-state index in [2.05, 4.69) is 5.32 Å². The molecular weight excluding hydrogens is 502 g/mol. The molecule has 0 aromatic rings. The number of ether oxygens (including phenoxy) is 2. The first-order valence-corrected chi connectivity index (χ1v) is 14.1. The van der Waals surface area contributed by atoms with Crippen LogP contribution >= 0.6 is 0 Å². The van der Waals surface area contributed by atoms with Crippen LogP contribution < -0.4 is 5.32 Å². The highest BCUT2D eigenvalue weighted by Gasteiger charge is 2.39. The summed E-state index contributed by atoms with van der Waals surface area (Å²) in [6, 6.07) is -1.73. The Morgan fingerprint density at radius 2 is 1.54 bits per heavy atom. The van der Waals surface area contributed by atoms with Crippen molar-refractivity contribution in [3.63, 3.8) is 0 Å². The second kappa shape index (κ2) is 16.8. The van der Waals surface area contributed by atoms with Gasteiger partial charge < -0.3 is 24.8 Å². The number of amides is 2. The number of rotatable bonds is 17. The van der Waals surface area contributed by atoms with Gasteiger partial charge in [-0.1, -0.05) is 48.0 Å². The summed E-state index contributed by atoms with van der Waals surface area (Å²) in [6.45, 7) is 17.5. The normalized spacial score (nSPS) is 16.0. The summed E-state index contributed by atoms with van der Waals surface area (Å²) in [6.07, 6.45) is 0.609. The number of hydrogen-bond acceptors (Lipinski definition) is 7. The number of carboxylic acids is 1. The molecule has 0 bridgehead atoms. The summed E-state index contributed by atoms with van der Waals surface area (Å²) in [4.78, 5) is 54.4. The van der Waals surface area contributed by atoms with Crippen LogP contribution in [0.3, 0.4) is 0 Å². The molecule has 1 unspecified atom stereocenters. The standard InChI is InChI=1S/C29H55N3O7/c1-13-20(6)26(21(38-12)17-23(35)39-29(7,8)9)32(11)28(37)24(18(2)3)30-27(36)25(19(4)5)31(10)16-14-15-22(33)34/h18-21,24-26H,13-17H2,1-12H3,(H,30,36)(H,33,34)/t20-,21+,24-,25?,26-/m0/s1. The van der Waals surface area contributed by atoms with Crippen LogP contribution in [-0.4, -0.2) is 96.2 Å². The molecular formula is C29H55N3O7. The zero-order chi connectivity index (χ0) is 30.7. The first kappa shape index (κ1) is 36.8. The molecule has 10 heteroatoms. The third kappa shape index (κ3) is 12.7. The van der Waals surface area contributed by atoms with Crippen LogP contribution in [0.15, 0.2) is 0 Å². The summed E-state index contributed by atoms with van der Waals surface area (Å²) >= 11 is 0. The van der Waals surface area contributed by atoms with Crippen molar-refractivity contribution in [2.24, 2.45) is 17.8 Å². The van der Waals surface area contributed by atoms with Crippen LogP contribution in [0.4, 0.5) is 0 Å². The van der Waals surface area contributed by atoms with Gasteiger partial charge in [0.05, 0.1) is 24.6 Å². The van der Waals surface area contributed by atoms with Crippen molar-refractivity contribution in [1.29, 1.82) is 0 Å². The van der Waals surface area contributed by atoms with E-state index in [1.54, 1.807) is 39.8 Å². The molecule has 10 nitrogen and oxygen atoms in total. The summed E-state index contributed by atoms with van der Waals surface area (Å²) in [5, 5.41) is 11.9. The van der Waals surface area contributed by atoms with Crippen LogP contribution in [0.5, 0.6) is 0 Å². The number of methoxy groups -OCH3 is 1. The van der Waals surface area contributed by atoms with Crippen LogP contribution in [0.25, 0.3) is 0 Å². The molecule has 228 valence electrons. The van der Waals surface area contributed by atoms with Gasteiger partial charge in [-0.2, -0.15) is 0 Å². The van der Waals surface area contributed by atoms with E-state index in [0.717, 1.165) is 6.42 Å². The Balaban J connectivity index is 5.92. The van der Waals surface area contributed by atoms with Gasteiger partial charge in [-0.15, -0.1) is 0 Å². The predicted octanol–water partition coefficient (Wildman–Crippen LogP) is 3.57. The number of carbonyl (C=O) groups is 4. The third-order valence-corrected chi connectivity index (χ3v) is 7.00. The molecule has 0 fully saturated rings. The Morgan fingerprint density at radius 3 is 1.95 bits per heavy atom. The van der Waals surface area contributed by atoms with Crippen molar-refractivity contribution in [3.05, 3.63) is 0 Å². The molecule has 0 saturated carbocycles. The Hall–Kier alpha value is -2.20. The van der Waals surface area contributed by atoms with Gasteiger partial charge in [-0.05, 0) is 58.5 Å². The summed E-state index contributed by atoms with van der Waals surface area (Å²) in [5.41, 5.74) is -0.635. The van der Waals surface area contributed by atoms with Gasteiger partial charge in [-0.25, -0.2) is 0 Å². The van der Waals surface area contributed by atoms with Gasteiger partial charge in [0.15, 0.2) is 0 Å². The number of carboxylic acid groups (broad SMARTS) is 1. The SMILES string of the molecule is CC[C@H](C)[C@@H]([C@@H](CC(=O)OC(C)(C)C)OC)N(C)C(=O)[C@@H](NC(=O)C(C(C)C)N(C)CCCC(=O)O)C(C)C. The second-order valence-corrected chi connectivity index (χ2v) is 12.3. The van der Waals surface area contributed by atoms with Crippen LogP contribution in [0, 0.1) is 17.8 Å². The largest absolute Gasteiger partial charge is 0.481 e. The van der Waals surface area contributed by atoms with E-state index in [-0.39, 0.29) is 42.4 Å². The Kier molecular flexibility index (Phi) is 15.9. The lowest BCUT2D eigenvalue weighted by Crippen LogP contribution is -2.59. The fourth-order valence-corrected chi connectivity index (χ4v) is 4.88. The molecule has 0 heterocycles. The number of esters is 1. The molecule has 39 heavy (non-hydrogen) atoms. The summed E-state index contributed by atoms with van der Waals surface area (Å²) in [5.74, 6) is -2.05. The maximum Gasteiger partial charge on any atom is 0.309 e. The van der Waals surface area contributed by atoms with Gasteiger partial charge in [0, 0.05) is 20.6 Å². The second-order valence-electron chi connectivity index (χ2n) is 12.3. The van der Waals surface area contributed by atoms with E-state index in [1.807, 2.05) is 46.4 Å². The maximum absolute atomic E-state index is 13.9. The molecule has 0 aliphatic carbocycles. The van der Waals surface area contributed by atoms with E-state index in [0.29, 0.717) is 13.0 Å². The fraction of sp³-hybridized carbons (Fsp3) is 0.862.